The monoisotopic (exact) mass is 284 g/mol. The van der Waals surface area contributed by atoms with Gasteiger partial charge in [-0.3, -0.25) is 0 Å². The van der Waals surface area contributed by atoms with Crippen molar-refractivity contribution in [2.45, 2.75) is 57.3 Å². The largest absolute Gasteiger partial charge is 0.389 e. The molecule has 1 aromatic rings. The van der Waals surface area contributed by atoms with Gasteiger partial charge in [-0.15, -0.1) is 11.3 Å². The van der Waals surface area contributed by atoms with Gasteiger partial charge in [0.15, 0.2) is 0 Å². The smallest absolute Gasteiger partial charge is 0.112 e. The van der Waals surface area contributed by atoms with Crippen LogP contribution >= 0.6 is 11.3 Å². The van der Waals surface area contributed by atoms with Gasteiger partial charge in [-0.05, 0) is 26.7 Å². The van der Waals surface area contributed by atoms with Crippen LogP contribution in [0.25, 0.3) is 0 Å². The molecule has 0 aliphatic heterocycles. The normalized spacial score (nSPS) is 18.9. The van der Waals surface area contributed by atoms with Gasteiger partial charge in [0, 0.05) is 18.1 Å². The molecule has 0 aromatic carbocycles. The lowest BCUT2D eigenvalue weighted by molar-refractivity contribution is -0.00752. The van der Waals surface area contributed by atoms with E-state index in [1.54, 1.807) is 11.3 Å². The summed E-state index contributed by atoms with van der Waals surface area (Å²) in [6.45, 7) is 5.11. The maximum Gasteiger partial charge on any atom is 0.112 e. The van der Waals surface area contributed by atoms with Crippen LogP contribution in [-0.2, 0) is 10.3 Å². The molecule has 0 radical (unpaired) electrons. The minimum Gasteiger partial charge on any atom is -0.389 e. The number of aromatic nitrogens is 1. The minimum absolute atomic E-state index is 0.206. The van der Waals surface area contributed by atoms with Gasteiger partial charge in [-0.1, -0.05) is 12.8 Å². The summed E-state index contributed by atoms with van der Waals surface area (Å²) in [6, 6.07) is 0. The number of ether oxygens (including phenoxy) is 1. The number of nitrogens with one attached hydrogen (secondary N) is 1. The highest BCUT2D eigenvalue weighted by Gasteiger charge is 2.24. The van der Waals surface area contributed by atoms with Crippen LogP contribution in [0.5, 0.6) is 0 Å². The van der Waals surface area contributed by atoms with E-state index >= 15 is 0 Å². The molecule has 1 heterocycles. The lowest BCUT2D eigenvalue weighted by Crippen LogP contribution is -2.42. The lowest BCUT2D eigenvalue weighted by Gasteiger charge is -2.26. The average molecular weight is 284 g/mol. The summed E-state index contributed by atoms with van der Waals surface area (Å²) in [4.78, 5) is 4.32. The first-order valence-corrected chi connectivity index (χ1v) is 7.90. The number of hydrogen-bond donors (Lipinski definition) is 2. The summed E-state index contributed by atoms with van der Waals surface area (Å²) in [5.74, 6) is 0. The van der Waals surface area contributed by atoms with Gasteiger partial charge in [-0.2, -0.15) is 0 Å². The van der Waals surface area contributed by atoms with Gasteiger partial charge >= 0.3 is 0 Å². The molecular formula is C14H24N2O2S. The zero-order valence-electron chi connectivity index (χ0n) is 11.8. The van der Waals surface area contributed by atoms with Crippen molar-refractivity contribution in [1.29, 1.82) is 0 Å². The quantitative estimate of drug-likeness (QED) is 0.806. The second-order valence-corrected chi connectivity index (χ2v) is 6.63. The molecule has 5 heteroatoms. The summed E-state index contributed by atoms with van der Waals surface area (Å²) in [5.41, 5.74) is -0.206. The van der Waals surface area contributed by atoms with Crippen molar-refractivity contribution in [2.24, 2.45) is 0 Å². The van der Waals surface area contributed by atoms with E-state index in [0.29, 0.717) is 19.3 Å². The Hall–Kier alpha value is -0.490. The van der Waals surface area contributed by atoms with Crippen LogP contribution in [0.4, 0.5) is 0 Å². The Bertz CT molecular complexity index is 362. The van der Waals surface area contributed by atoms with Gasteiger partial charge in [0.25, 0.3) is 0 Å². The summed E-state index contributed by atoms with van der Waals surface area (Å²) in [7, 11) is 0. The highest BCUT2D eigenvalue weighted by molar-refractivity contribution is 7.09. The predicted molar refractivity (Wildman–Crippen MR) is 77.4 cm³/mol. The number of nitrogens with zero attached hydrogens (tertiary/aromatic N) is 1. The number of rotatable bonds is 7. The predicted octanol–water partition coefficient (Wildman–Crippen LogP) is 2.29. The molecule has 4 nitrogen and oxygen atoms in total. The van der Waals surface area contributed by atoms with Crippen LogP contribution in [0.1, 0.15) is 44.5 Å². The zero-order chi connectivity index (χ0) is 13.7. The second kappa shape index (κ2) is 6.79. The fourth-order valence-electron chi connectivity index (χ4n) is 2.34. The van der Waals surface area contributed by atoms with Crippen LogP contribution in [0, 0.1) is 0 Å². The standard InChI is InChI=1S/C14H24N2O2S/c1-14(2,13-15-7-8-19-13)16-9-11(17)10-18-12-5-3-4-6-12/h7-8,11-12,16-17H,3-6,9-10H2,1-2H3. The molecule has 0 amide bonds. The molecule has 1 fully saturated rings. The van der Waals surface area contributed by atoms with Crippen LogP contribution < -0.4 is 5.32 Å². The van der Waals surface area contributed by atoms with E-state index in [-0.39, 0.29) is 5.54 Å². The maximum absolute atomic E-state index is 9.97. The number of aliphatic hydroxyl groups is 1. The maximum atomic E-state index is 9.97. The Morgan fingerprint density at radius 3 is 2.89 bits per heavy atom. The Morgan fingerprint density at radius 1 is 1.53 bits per heavy atom. The topological polar surface area (TPSA) is 54.4 Å². The van der Waals surface area contributed by atoms with Gasteiger partial charge in [0.05, 0.1) is 24.4 Å². The molecule has 0 spiro atoms. The van der Waals surface area contributed by atoms with Crippen LogP contribution in [-0.4, -0.2) is 35.5 Å². The van der Waals surface area contributed by atoms with Crippen LogP contribution in [0.15, 0.2) is 11.6 Å². The summed E-state index contributed by atoms with van der Waals surface area (Å²) >= 11 is 1.63. The third-order valence-electron chi connectivity index (χ3n) is 3.57. The van der Waals surface area contributed by atoms with E-state index in [4.69, 9.17) is 4.74 Å². The minimum atomic E-state index is -0.458. The summed E-state index contributed by atoms with van der Waals surface area (Å²) in [5, 5.41) is 16.3. The van der Waals surface area contributed by atoms with Crippen LogP contribution in [0.2, 0.25) is 0 Å². The molecular weight excluding hydrogens is 260 g/mol. The van der Waals surface area contributed by atoms with Crippen molar-refractivity contribution in [2.75, 3.05) is 13.2 Å². The number of hydrogen-bond acceptors (Lipinski definition) is 5. The first-order valence-electron chi connectivity index (χ1n) is 7.02. The zero-order valence-corrected chi connectivity index (χ0v) is 12.6. The highest BCUT2D eigenvalue weighted by atomic mass is 32.1. The fraction of sp³-hybridized carbons (Fsp3) is 0.786. The lowest BCUT2D eigenvalue weighted by atomic mass is 10.1. The summed E-state index contributed by atoms with van der Waals surface area (Å²) in [6.07, 6.45) is 6.52. The van der Waals surface area contributed by atoms with E-state index in [1.807, 2.05) is 11.6 Å². The first kappa shape index (κ1) is 14.9. The Labute approximate surface area is 119 Å². The van der Waals surface area contributed by atoms with Crippen molar-refractivity contribution >= 4 is 11.3 Å². The van der Waals surface area contributed by atoms with E-state index in [0.717, 1.165) is 17.8 Å². The first-order chi connectivity index (χ1) is 9.08. The molecule has 19 heavy (non-hydrogen) atoms. The molecule has 0 saturated heterocycles. The van der Waals surface area contributed by atoms with Gasteiger partial charge in [-0.25, -0.2) is 4.98 Å². The molecule has 1 unspecified atom stereocenters. The molecule has 2 rings (SSSR count). The number of aliphatic hydroxyl groups excluding tert-OH is 1. The molecule has 2 N–H and O–H groups in total. The molecule has 1 aliphatic carbocycles. The van der Waals surface area contributed by atoms with Crippen molar-refractivity contribution < 1.29 is 9.84 Å². The molecule has 1 saturated carbocycles. The van der Waals surface area contributed by atoms with Crippen molar-refractivity contribution in [3.05, 3.63) is 16.6 Å². The van der Waals surface area contributed by atoms with Gasteiger partial charge in [0.1, 0.15) is 5.01 Å². The highest BCUT2D eigenvalue weighted by Crippen LogP contribution is 2.22. The second-order valence-electron chi connectivity index (χ2n) is 5.74. The third kappa shape index (κ3) is 4.53. The van der Waals surface area contributed by atoms with E-state index < -0.39 is 6.10 Å². The van der Waals surface area contributed by atoms with Gasteiger partial charge < -0.3 is 15.2 Å². The Kier molecular flexibility index (Phi) is 5.33. The molecule has 1 atom stereocenters. The molecule has 0 bridgehead atoms. The fourth-order valence-corrected chi connectivity index (χ4v) is 3.08. The SMILES string of the molecule is CC(C)(NCC(O)COC1CCCC1)c1nccs1. The van der Waals surface area contributed by atoms with Crippen LogP contribution in [0.3, 0.4) is 0 Å². The third-order valence-corrected chi connectivity index (χ3v) is 4.67. The molecule has 1 aliphatic rings. The molecule has 108 valence electrons. The van der Waals surface area contributed by atoms with Crippen molar-refractivity contribution in [3.8, 4) is 0 Å². The van der Waals surface area contributed by atoms with Crippen molar-refractivity contribution in [1.82, 2.24) is 10.3 Å². The van der Waals surface area contributed by atoms with Gasteiger partial charge in [0.2, 0.25) is 0 Å². The number of thiazole rings is 1. The van der Waals surface area contributed by atoms with E-state index in [2.05, 4.69) is 24.1 Å². The van der Waals surface area contributed by atoms with Crippen molar-refractivity contribution in [3.63, 3.8) is 0 Å². The van der Waals surface area contributed by atoms with E-state index in [9.17, 15) is 5.11 Å². The summed E-state index contributed by atoms with van der Waals surface area (Å²) < 4.78 is 5.72. The van der Waals surface area contributed by atoms with E-state index in [1.165, 1.54) is 12.8 Å². The average Bonchev–Trinajstić information content (AvgIpc) is 3.06. The Morgan fingerprint density at radius 2 is 2.26 bits per heavy atom. The molecule has 1 aromatic heterocycles. The Balaban J connectivity index is 1.69.